The highest BCUT2D eigenvalue weighted by atomic mass is 32.2. The summed E-state index contributed by atoms with van der Waals surface area (Å²) in [6.07, 6.45) is -3.74. The van der Waals surface area contributed by atoms with Gasteiger partial charge >= 0.3 is 6.18 Å². The van der Waals surface area contributed by atoms with Gasteiger partial charge in [0.2, 0.25) is 10.0 Å². The molecule has 37 heavy (non-hydrogen) atoms. The first-order valence-electron chi connectivity index (χ1n) is 12.2. The van der Waals surface area contributed by atoms with Crippen molar-refractivity contribution < 1.29 is 31.8 Å². The molecule has 204 valence electrons. The number of anilines is 1. The van der Waals surface area contributed by atoms with E-state index in [1.54, 1.807) is 18.2 Å². The lowest BCUT2D eigenvalue weighted by atomic mass is 9.95. The number of piperidine rings is 1. The second-order valence-electron chi connectivity index (χ2n) is 9.85. The summed E-state index contributed by atoms with van der Waals surface area (Å²) in [5.41, 5.74) is -2.62. The van der Waals surface area contributed by atoms with Crippen LogP contribution < -0.4 is 4.90 Å². The highest BCUT2D eigenvalue weighted by Gasteiger charge is 2.51. The summed E-state index contributed by atoms with van der Waals surface area (Å²) >= 11 is 4.32. The van der Waals surface area contributed by atoms with Crippen LogP contribution in [0, 0.1) is 0 Å². The quantitative estimate of drug-likeness (QED) is 0.472. The lowest BCUT2D eigenvalue weighted by Gasteiger charge is -2.45. The van der Waals surface area contributed by atoms with Crippen LogP contribution in [0.3, 0.4) is 0 Å². The van der Waals surface area contributed by atoms with E-state index >= 15 is 0 Å². The number of β-amino-alcohol motifs (C(OH)–C–C–N with tert-alkyl or cyclic N) is 1. The van der Waals surface area contributed by atoms with Crippen molar-refractivity contribution in [2.45, 2.75) is 53.5 Å². The summed E-state index contributed by atoms with van der Waals surface area (Å²) in [4.78, 5) is 4.56. The number of rotatable bonds is 6. The van der Waals surface area contributed by atoms with E-state index in [4.69, 9.17) is 0 Å². The maximum Gasteiger partial charge on any atom is 0.421 e. The van der Waals surface area contributed by atoms with Gasteiger partial charge < -0.3 is 15.1 Å². The molecule has 0 saturated carbocycles. The summed E-state index contributed by atoms with van der Waals surface area (Å²) < 4.78 is 68.2. The summed E-state index contributed by atoms with van der Waals surface area (Å²) in [6, 6.07) is 11.8. The van der Waals surface area contributed by atoms with E-state index in [1.165, 1.54) is 34.6 Å². The topological polar surface area (TPSA) is 84.3 Å². The Morgan fingerprint density at radius 3 is 2.32 bits per heavy atom. The average Bonchev–Trinajstić information content (AvgIpc) is 2.83. The standard InChI is InChI=1S/C25H32F3N3O4S2/c1-24(33,25(26,27)28)18-8-10-19(11-9-18)31-14-13-30(37(34,35)23-7-3-2-6-22(23)36)16-20(31)15-29-12-4-5-21(32)17-29/h2-3,6-11,20-21,32-33,36H,4-5,12-17H2,1H3/t20-,21-,24+/m0/s1. The van der Waals surface area contributed by atoms with Gasteiger partial charge in [-0.1, -0.05) is 24.3 Å². The number of benzene rings is 2. The van der Waals surface area contributed by atoms with Gasteiger partial charge in [0.25, 0.3) is 0 Å². The van der Waals surface area contributed by atoms with Gasteiger partial charge in [-0.25, -0.2) is 8.42 Å². The molecule has 7 nitrogen and oxygen atoms in total. The predicted molar refractivity (Wildman–Crippen MR) is 137 cm³/mol. The van der Waals surface area contributed by atoms with Crippen LogP contribution in [0.25, 0.3) is 0 Å². The van der Waals surface area contributed by atoms with E-state index in [2.05, 4.69) is 17.5 Å². The van der Waals surface area contributed by atoms with E-state index in [0.29, 0.717) is 36.6 Å². The third-order valence-electron chi connectivity index (χ3n) is 7.19. The maximum atomic E-state index is 13.5. The zero-order valence-corrected chi connectivity index (χ0v) is 22.2. The van der Waals surface area contributed by atoms with Crippen molar-refractivity contribution in [3.63, 3.8) is 0 Å². The first-order valence-corrected chi connectivity index (χ1v) is 14.0. The minimum absolute atomic E-state index is 0.123. The number of aliphatic hydroxyl groups is 2. The zero-order valence-electron chi connectivity index (χ0n) is 20.5. The summed E-state index contributed by atoms with van der Waals surface area (Å²) in [5, 5.41) is 20.2. The monoisotopic (exact) mass is 559 g/mol. The molecule has 2 heterocycles. The Kier molecular flexibility index (Phi) is 8.18. The Bertz CT molecular complexity index is 1190. The molecule has 12 heteroatoms. The minimum Gasteiger partial charge on any atom is -0.392 e. The molecule has 0 aliphatic carbocycles. The summed E-state index contributed by atoms with van der Waals surface area (Å²) in [5.74, 6) is 0. The van der Waals surface area contributed by atoms with Crippen LogP contribution >= 0.6 is 12.6 Å². The first kappa shape index (κ1) is 28.2. The summed E-state index contributed by atoms with van der Waals surface area (Å²) in [6.45, 7) is 3.11. The van der Waals surface area contributed by atoms with E-state index in [9.17, 15) is 31.8 Å². The molecule has 2 fully saturated rings. The molecule has 0 aromatic heterocycles. The maximum absolute atomic E-state index is 13.5. The molecule has 2 aromatic carbocycles. The van der Waals surface area contributed by atoms with Crippen LogP contribution in [0.4, 0.5) is 18.9 Å². The van der Waals surface area contributed by atoms with E-state index in [1.807, 2.05) is 4.90 Å². The van der Waals surface area contributed by atoms with Crippen LogP contribution in [0.15, 0.2) is 58.3 Å². The molecule has 0 amide bonds. The number of halogens is 3. The number of nitrogens with zero attached hydrogens (tertiary/aromatic N) is 3. The van der Waals surface area contributed by atoms with Gasteiger partial charge in [0.1, 0.15) is 0 Å². The number of hydrogen-bond donors (Lipinski definition) is 3. The smallest absolute Gasteiger partial charge is 0.392 e. The van der Waals surface area contributed by atoms with Crippen molar-refractivity contribution in [3.05, 3.63) is 54.1 Å². The molecule has 2 saturated heterocycles. The molecule has 0 spiro atoms. The molecule has 0 radical (unpaired) electrons. The van der Waals surface area contributed by atoms with Gasteiger partial charge in [-0.05, 0) is 56.1 Å². The SMILES string of the molecule is C[C@@](O)(c1ccc(N2CCN(S(=O)(=O)c3ccccc3S)C[C@@H]2CN2CCC[C@H](O)C2)cc1)C(F)(F)F. The third kappa shape index (κ3) is 5.94. The number of hydrogen-bond acceptors (Lipinski definition) is 7. The zero-order chi connectivity index (χ0) is 27.0. The van der Waals surface area contributed by atoms with Gasteiger partial charge in [0, 0.05) is 43.3 Å². The van der Waals surface area contributed by atoms with E-state index in [0.717, 1.165) is 19.9 Å². The number of sulfonamides is 1. The number of piperazine rings is 1. The third-order valence-corrected chi connectivity index (χ3v) is 9.66. The number of likely N-dealkylation sites (tertiary alicyclic amines) is 1. The number of alkyl halides is 3. The minimum atomic E-state index is -4.82. The molecule has 3 atom stereocenters. The van der Waals surface area contributed by atoms with Crippen LogP contribution in [-0.2, 0) is 15.6 Å². The van der Waals surface area contributed by atoms with Gasteiger partial charge in [-0.2, -0.15) is 17.5 Å². The van der Waals surface area contributed by atoms with Crippen molar-refractivity contribution in [2.24, 2.45) is 0 Å². The lowest BCUT2D eigenvalue weighted by molar-refractivity contribution is -0.258. The Morgan fingerprint density at radius 1 is 1.03 bits per heavy atom. The molecule has 4 rings (SSSR count). The predicted octanol–water partition coefficient (Wildman–Crippen LogP) is 3.08. The molecular formula is C25H32F3N3O4S2. The summed E-state index contributed by atoms with van der Waals surface area (Å²) in [7, 11) is -3.82. The fraction of sp³-hybridized carbons (Fsp3) is 0.520. The van der Waals surface area contributed by atoms with E-state index in [-0.39, 0.29) is 29.6 Å². The van der Waals surface area contributed by atoms with Crippen LogP contribution in [0.5, 0.6) is 0 Å². The second kappa shape index (κ2) is 10.7. The first-order chi connectivity index (χ1) is 17.3. The largest absolute Gasteiger partial charge is 0.421 e. The van der Waals surface area contributed by atoms with Gasteiger partial charge in [-0.3, -0.25) is 4.90 Å². The Balaban J connectivity index is 1.61. The van der Waals surface area contributed by atoms with Crippen molar-refractivity contribution >= 4 is 28.3 Å². The molecule has 0 unspecified atom stereocenters. The van der Waals surface area contributed by atoms with Crippen LogP contribution in [0.2, 0.25) is 0 Å². The Labute approximate surface area is 221 Å². The Morgan fingerprint density at radius 2 is 1.70 bits per heavy atom. The molecule has 2 aliphatic heterocycles. The average molecular weight is 560 g/mol. The molecule has 0 bridgehead atoms. The van der Waals surface area contributed by atoms with Gasteiger partial charge in [0.15, 0.2) is 5.60 Å². The van der Waals surface area contributed by atoms with Gasteiger partial charge in [-0.15, -0.1) is 12.6 Å². The fourth-order valence-electron chi connectivity index (χ4n) is 4.99. The van der Waals surface area contributed by atoms with Crippen molar-refractivity contribution in [2.75, 3.05) is 44.2 Å². The molecule has 2 aliphatic rings. The Hall–Kier alpha value is -1.83. The van der Waals surface area contributed by atoms with Crippen molar-refractivity contribution in [1.82, 2.24) is 9.21 Å². The number of aliphatic hydroxyl groups excluding tert-OH is 1. The highest BCUT2D eigenvalue weighted by molar-refractivity contribution is 7.90. The lowest BCUT2D eigenvalue weighted by Crippen LogP contribution is -2.59. The molecule has 2 N–H and O–H groups in total. The van der Waals surface area contributed by atoms with Crippen LogP contribution in [0.1, 0.15) is 25.3 Å². The second-order valence-corrected chi connectivity index (χ2v) is 12.2. The normalized spacial score (nSPS) is 24.1. The van der Waals surface area contributed by atoms with E-state index < -0.39 is 27.9 Å². The number of thiol groups is 1. The molecule has 2 aromatic rings. The van der Waals surface area contributed by atoms with Crippen molar-refractivity contribution in [3.8, 4) is 0 Å². The van der Waals surface area contributed by atoms with Gasteiger partial charge in [0.05, 0.1) is 17.0 Å². The highest BCUT2D eigenvalue weighted by Crippen LogP contribution is 2.39. The van der Waals surface area contributed by atoms with Crippen LogP contribution in [-0.4, -0.2) is 85.4 Å². The van der Waals surface area contributed by atoms with Crippen molar-refractivity contribution in [1.29, 1.82) is 0 Å². The molecular weight excluding hydrogens is 527 g/mol. The fourth-order valence-corrected chi connectivity index (χ4v) is 7.05.